The number of halogens is 1. The summed E-state index contributed by atoms with van der Waals surface area (Å²) in [6, 6.07) is 5.72. The first-order chi connectivity index (χ1) is 6.22. The van der Waals surface area contributed by atoms with Gasteiger partial charge in [0.05, 0.1) is 0 Å². The smallest absolute Gasteiger partial charge is 0.129 e. The highest BCUT2D eigenvalue weighted by Gasteiger charge is 2.31. The van der Waals surface area contributed by atoms with Crippen LogP contribution in [0.2, 0.25) is 0 Å². The van der Waals surface area contributed by atoms with Gasteiger partial charge in [-0.25, -0.2) is 0 Å². The minimum absolute atomic E-state index is 0.0794. The maximum Gasteiger partial charge on any atom is 0.129 e. The summed E-state index contributed by atoms with van der Waals surface area (Å²) in [5.74, 6) is 0.808. The van der Waals surface area contributed by atoms with Crippen molar-refractivity contribution in [3.8, 4) is 5.75 Å². The summed E-state index contributed by atoms with van der Waals surface area (Å²) in [6.07, 6.45) is 0.273. The zero-order chi connectivity index (χ0) is 9.42. The van der Waals surface area contributed by atoms with E-state index in [0.29, 0.717) is 0 Å². The quantitative estimate of drug-likeness (QED) is 0.821. The number of aliphatic hydroxyl groups is 1. The molecular formula is C10H11BrO2. The van der Waals surface area contributed by atoms with E-state index in [-0.39, 0.29) is 6.10 Å². The zero-order valence-corrected chi connectivity index (χ0v) is 8.91. The second kappa shape index (κ2) is 3.31. The minimum atomic E-state index is -0.475. The summed E-state index contributed by atoms with van der Waals surface area (Å²) >= 11 is 3.37. The van der Waals surface area contributed by atoms with Gasteiger partial charge in [-0.1, -0.05) is 22.9 Å². The number of aliphatic hydroxyl groups excluding tert-OH is 1. The molecule has 0 spiro atoms. The van der Waals surface area contributed by atoms with Crippen molar-refractivity contribution in [3.05, 3.63) is 28.2 Å². The topological polar surface area (TPSA) is 29.5 Å². The maximum atomic E-state index is 9.82. The maximum absolute atomic E-state index is 9.82. The Balaban J connectivity index is 2.39. The minimum Gasteiger partial charge on any atom is -0.487 e. The second-order valence-electron chi connectivity index (χ2n) is 3.19. The Morgan fingerprint density at radius 2 is 2.31 bits per heavy atom. The van der Waals surface area contributed by atoms with E-state index in [4.69, 9.17) is 4.74 Å². The van der Waals surface area contributed by atoms with Crippen LogP contribution in [-0.4, -0.2) is 11.2 Å². The lowest BCUT2D eigenvalue weighted by Crippen LogP contribution is -2.16. The van der Waals surface area contributed by atoms with Crippen molar-refractivity contribution in [2.45, 2.75) is 25.6 Å². The molecule has 3 heteroatoms. The average molecular weight is 243 g/mol. The SMILES string of the molecule is CCC1Oc2ccc(Br)cc2C1O. The Kier molecular flexibility index (Phi) is 2.30. The van der Waals surface area contributed by atoms with E-state index in [9.17, 15) is 5.11 Å². The molecule has 0 aliphatic carbocycles. The van der Waals surface area contributed by atoms with Crippen LogP contribution in [0.4, 0.5) is 0 Å². The number of hydrogen-bond donors (Lipinski definition) is 1. The Hall–Kier alpha value is -0.540. The molecule has 2 rings (SSSR count). The average Bonchev–Trinajstić information content (AvgIpc) is 2.44. The van der Waals surface area contributed by atoms with Crippen molar-refractivity contribution in [1.82, 2.24) is 0 Å². The van der Waals surface area contributed by atoms with Gasteiger partial charge in [-0.15, -0.1) is 0 Å². The first-order valence-corrected chi connectivity index (χ1v) is 5.16. The number of ether oxygens (including phenoxy) is 1. The van der Waals surface area contributed by atoms with Crippen LogP contribution in [0.15, 0.2) is 22.7 Å². The van der Waals surface area contributed by atoms with Crippen molar-refractivity contribution < 1.29 is 9.84 Å². The number of benzene rings is 1. The Morgan fingerprint density at radius 1 is 1.54 bits per heavy atom. The molecule has 0 bridgehead atoms. The van der Waals surface area contributed by atoms with Crippen LogP contribution in [0.1, 0.15) is 25.0 Å². The molecule has 2 unspecified atom stereocenters. The molecule has 1 aliphatic rings. The highest BCUT2D eigenvalue weighted by atomic mass is 79.9. The van der Waals surface area contributed by atoms with Gasteiger partial charge < -0.3 is 9.84 Å². The summed E-state index contributed by atoms with van der Waals surface area (Å²) in [5.41, 5.74) is 0.890. The van der Waals surface area contributed by atoms with Crippen LogP contribution < -0.4 is 4.74 Å². The van der Waals surface area contributed by atoms with Gasteiger partial charge in [-0.3, -0.25) is 0 Å². The van der Waals surface area contributed by atoms with E-state index in [1.807, 2.05) is 25.1 Å². The monoisotopic (exact) mass is 242 g/mol. The van der Waals surface area contributed by atoms with Crippen LogP contribution >= 0.6 is 15.9 Å². The normalized spacial score (nSPS) is 25.5. The van der Waals surface area contributed by atoms with Gasteiger partial charge >= 0.3 is 0 Å². The summed E-state index contributed by atoms with van der Waals surface area (Å²) in [4.78, 5) is 0. The molecule has 13 heavy (non-hydrogen) atoms. The summed E-state index contributed by atoms with van der Waals surface area (Å²) in [5, 5.41) is 9.82. The van der Waals surface area contributed by atoms with Crippen molar-refractivity contribution in [2.75, 3.05) is 0 Å². The molecule has 1 aliphatic heterocycles. The lowest BCUT2D eigenvalue weighted by molar-refractivity contribution is 0.0653. The van der Waals surface area contributed by atoms with Gasteiger partial charge in [0.2, 0.25) is 0 Å². The fourth-order valence-electron chi connectivity index (χ4n) is 1.59. The standard InChI is InChI=1S/C10H11BrO2/c1-2-8-10(12)7-5-6(11)3-4-9(7)13-8/h3-5,8,10,12H,2H2,1H3. The first kappa shape index (κ1) is 9.03. The van der Waals surface area contributed by atoms with E-state index in [0.717, 1.165) is 22.2 Å². The van der Waals surface area contributed by atoms with Crippen LogP contribution in [0.25, 0.3) is 0 Å². The molecule has 0 saturated heterocycles. The largest absolute Gasteiger partial charge is 0.487 e. The fraction of sp³-hybridized carbons (Fsp3) is 0.400. The summed E-state index contributed by atoms with van der Waals surface area (Å²) in [7, 11) is 0. The molecular weight excluding hydrogens is 232 g/mol. The second-order valence-corrected chi connectivity index (χ2v) is 4.11. The third kappa shape index (κ3) is 1.46. The van der Waals surface area contributed by atoms with E-state index in [2.05, 4.69) is 15.9 Å². The molecule has 0 aromatic heterocycles. The van der Waals surface area contributed by atoms with Crippen LogP contribution in [-0.2, 0) is 0 Å². The van der Waals surface area contributed by atoms with Crippen LogP contribution in [0.3, 0.4) is 0 Å². The molecule has 2 nitrogen and oxygen atoms in total. The fourth-order valence-corrected chi connectivity index (χ4v) is 1.97. The van der Waals surface area contributed by atoms with E-state index in [1.54, 1.807) is 0 Å². The molecule has 0 saturated carbocycles. The first-order valence-electron chi connectivity index (χ1n) is 4.36. The summed E-state index contributed by atoms with van der Waals surface area (Å²) in [6.45, 7) is 2.01. The molecule has 1 N–H and O–H groups in total. The molecule has 1 heterocycles. The van der Waals surface area contributed by atoms with Gasteiger partial charge in [0.1, 0.15) is 18.0 Å². The number of fused-ring (bicyclic) bond motifs is 1. The van der Waals surface area contributed by atoms with E-state index >= 15 is 0 Å². The van der Waals surface area contributed by atoms with Crippen molar-refractivity contribution in [2.24, 2.45) is 0 Å². The van der Waals surface area contributed by atoms with Gasteiger partial charge in [0.15, 0.2) is 0 Å². The number of rotatable bonds is 1. The third-order valence-corrected chi connectivity index (χ3v) is 2.82. The lowest BCUT2D eigenvalue weighted by Gasteiger charge is -2.10. The Morgan fingerprint density at radius 3 is 3.00 bits per heavy atom. The molecule has 1 aromatic rings. The van der Waals surface area contributed by atoms with Crippen LogP contribution in [0, 0.1) is 0 Å². The molecule has 2 atom stereocenters. The molecule has 1 aromatic carbocycles. The van der Waals surface area contributed by atoms with E-state index in [1.165, 1.54) is 0 Å². The van der Waals surface area contributed by atoms with E-state index < -0.39 is 6.10 Å². The van der Waals surface area contributed by atoms with Gasteiger partial charge in [-0.05, 0) is 24.6 Å². The Labute approximate surface area is 85.7 Å². The number of hydrogen-bond acceptors (Lipinski definition) is 2. The highest BCUT2D eigenvalue weighted by Crippen LogP contribution is 2.38. The molecule has 0 radical (unpaired) electrons. The van der Waals surface area contributed by atoms with Crippen LogP contribution in [0.5, 0.6) is 5.75 Å². The van der Waals surface area contributed by atoms with Crippen molar-refractivity contribution in [3.63, 3.8) is 0 Å². The van der Waals surface area contributed by atoms with Crippen molar-refractivity contribution in [1.29, 1.82) is 0 Å². The molecule has 70 valence electrons. The molecule has 0 fully saturated rings. The van der Waals surface area contributed by atoms with Crippen molar-refractivity contribution >= 4 is 15.9 Å². The van der Waals surface area contributed by atoms with Gasteiger partial charge in [-0.2, -0.15) is 0 Å². The van der Waals surface area contributed by atoms with Gasteiger partial charge in [0.25, 0.3) is 0 Å². The molecule has 0 amide bonds. The summed E-state index contributed by atoms with van der Waals surface area (Å²) < 4.78 is 6.53. The zero-order valence-electron chi connectivity index (χ0n) is 7.33. The highest BCUT2D eigenvalue weighted by molar-refractivity contribution is 9.10. The van der Waals surface area contributed by atoms with Gasteiger partial charge in [0, 0.05) is 10.0 Å². The lowest BCUT2D eigenvalue weighted by atomic mass is 10.1. The predicted octanol–water partition coefficient (Wildman–Crippen LogP) is 2.65. The third-order valence-electron chi connectivity index (χ3n) is 2.32. The predicted molar refractivity (Wildman–Crippen MR) is 53.8 cm³/mol. The Bertz CT molecular complexity index is 325.